The molecule has 17 heavy (non-hydrogen) atoms. The average molecular weight is 293 g/mol. The van der Waals surface area contributed by atoms with Crippen LogP contribution in [0.3, 0.4) is 0 Å². The SMILES string of the molecule is CCCCCC1(Br)C(=O)C=Cc2ccccc21. The van der Waals surface area contributed by atoms with E-state index in [1.165, 1.54) is 12.8 Å². The molecule has 0 amide bonds. The standard InChI is InChI=1S/C15H17BrO/c1-2-3-6-11-15(16)13-8-5-4-7-12(13)9-10-14(15)17/h4-5,7-10H,2-3,6,11H2,1H3. The maximum Gasteiger partial charge on any atom is 0.176 e. The first-order valence-electron chi connectivity index (χ1n) is 6.19. The number of unbranched alkanes of at least 4 members (excludes halogenated alkanes) is 2. The van der Waals surface area contributed by atoms with Crippen molar-refractivity contribution in [2.45, 2.75) is 36.9 Å². The summed E-state index contributed by atoms with van der Waals surface area (Å²) in [6.45, 7) is 2.18. The number of carbonyl (C=O) groups is 1. The Morgan fingerprint density at radius 2 is 1.94 bits per heavy atom. The third-order valence-electron chi connectivity index (χ3n) is 3.32. The Morgan fingerprint density at radius 1 is 1.18 bits per heavy atom. The minimum Gasteiger partial charge on any atom is -0.293 e. The smallest absolute Gasteiger partial charge is 0.176 e. The Morgan fingerprint density at radius 3 is 2.71 bits per heavy atom. The van der Waals surface area contributed by atoms with Crippen LogP contribution in [0.4, 0.5) is 0 Å². The molecule has 0 saturated heterocycles. The van der Waals surface area contributed by atoms with E-state index in [9.17, 15) is 4.79 Å². The van der Waals surface area contributed by atoms with Gasteiger partial charge in [0, 0.05) is 0 Å². The van der Waals surface area contributed by atoms with Crippen molar-refractivity contribution in [1.29, 1.82) is 0 Å². The number of carbonyl (C=O) groups excluding carboxylic acids is 1. The second-order valence-electron chi connectivity index (χ2n) is 4.54. The summed E-state index contributed by atoms with van der Waals surface area (Å²) in [4.78, 5) is 12.1. The van der Waals surface area contributed by atoms with Gasteiger partial charge < -0.3 is 0 Å². The summed E-state index contributed by atoms with van der Waals surface area (Å²) in [6, 6.07) is 8.13. The molecule has 0 heterocycles. The van der Waals surface area contributed by atoms with Crippen LogP contribution in [0, 0.1) is 0 Å². The van der Waals surface area contributed by atoms with Gasteiger partial charge in [-0.15, -0.1) is 0 Å². The average Bonchev–Trinajstić information content (AvgIpc) is 2.35. The van der Waals surface area contributed by atoms with Crippen LogP contribution in [0.5, 0.6) is 0 Å². The summed E-state index contributed by atoms with van der Waals surface area (Å²) in [7, 11) is 0. The Hall–Kier alpha value is -0.890. The molecule has 0 fully saturated rings. The molecule has 0 aliphatic heterocycles. The number of rotatable bonds is 4. The predicted octanol–water partition coefficient (Wildman–Crippen LogP) is 4.45. The van der Waals surface area contributed by atoms with Crippen LogP contribution in [0.2, 0.25) is 0 Å². The van der Waals surface area contributed by atoms with Crippen LogP contribution in [-0.4, -0.2) is 5.78 Å². The Kier molecular flexibility index (Phi) is 3.82. The highest BCUT2D eigenvalue weighted by molar-refractivity contribution is 9.10. The molecule has 2 rings (SSSR count). The van der Waals surface area contributed by atoms with Gasteiger partial charge >= 0.3 is 0 Å². The highest BCUT2D eigenvalue weighted by atomic mass is 79.9. The molecule has 2 heteroatoms. The summed E-state index contributed by atoms with van der Waals surface area (Å²) >= 11 is 3.69. The van der Waals surface area contributed by atoms with E-state index in [4.69, 9.17) is 0 Å². The molecule has 1 aromatic rings. The van der Waals surface area contributed by atoms with Crippen LogP contribution in [-0.2, 0) is 9.12 Å². The molecule has 1 aromatic carbocycles. The Balaban J connectivity index is 2.31. The van der Waals surface area contributed by atoms with Crippen molar-refractivity contribution in [3.8, 4) is 0 Å². The number of ketones is 1. The second-order valence-corrected chi connectivity index (χ2v) is 5.90. The number of alkyl halides is 1. The highest BCUT2D eigenvalue weighted by Gasteiger charge is 2.38. The van der Waals surface area contributed by atoms with E-state index in [0.717, 1.165) is 24.0 Å². The first-order valence-corrected chi connectivity index (χ1v) is 6.98. The monoisotopic (exact) mass is 292 g/mol. The van der Waals surface area contributed by atoms with Crippen molar-refractivity contribution < 1.29 is 4.79 Å². The molecule has 0 aromatic heterocycles. The van der Waals surface area contributed by atoms with Crippen LogP contribution in [0.1, 0.15) is 43.7 Å². The fourth-order valence-corrected chi connectivity index (χ4v) is 3.08. The quantitative estimate of drug-likeness (QED) is 0.592. The summed E-state index contributed by atoms with van der Waals surface area (Å²) in [6.07, 6.45) is 7.91. The lowest BCUT2D eigenvalue weighted by Gasteiger charge is -2.29. The van der Waals surface area contributed by atoms with Gasteiger partial charge in [0.15, 0.2) is 5.78 Å². The van der Waals surface area contributed by atoms with Crippen LogP contribution < -0.4 is 0 Å². The minimum absolute atomic E-state index is 0.173. The van der Waals surface area contributed by atoms with Crippen molar-refractivity contribution in [2.24, 2.45) is 0 Å². The fourth-order valence-electron chi connectivity index (χ4n) is 2.31. The first kappa shape index (κ1) is 12.6. The van der Waals surface area contributed by atoms with Crippen LogP contribution in [0.15, 0.2) is 30.3 Å². The molecule has 1 aliphatic rings. The van der Waals surface area contributed by atoms with E-state index >= 15 is 0 Å². The van der Waals surface area contributed by atoms with E-state index in [0.29, 0.717) is 0 Å². The van der Waals surface area contributed by atoms with Crippen molar-refractivity contribution in [1.82, 2.24) is 0 Å². The van der Waals surface area contributed by atoms with Gasteiger partial charge in [0.25, 0.3) is 0 Å². The zero-order valence-electron chi connectivity index (χ0n) is 10.1. The van der Waals surface area contributed by atoms with E-state index in [2.05, 4.69) is 35.0 Å². The van der Waals surface area contributed by atoms with Crippen LogP contribution >= 0.6 is 15.9 Å². The lowest BCUT2D eigenvalue weighted by Crippen LogP contribution is -2.30. The Labute approximate surface area is 111 Å². The van der Waals surface area contributed by atoms with E-state index < -0.39 is 4.32 Å². The zero-order valence-corrected chi connectivity index (χ0v) is 11.7. The minimum atomic E-state index is -0.493. The van der Waals surface area contributed by atoms with Gasteiger partial charge in [-0.2, -0.15) is 0 Å². The third kappa shape index (κ3) is 2.37. The molecular weight excluding hydrogens is 276 g/mol. The highest BCUT2D eigenvalue weighted by Crippen LogP contribution is 2.42. The number of fused-ring (bicyclic) bond motifs is 1. The van der Waals surface area contributed by atoms with Crippen molar-refractivity contribution in [3.05, 3.63) is 41.5 Å². The first-order chi connectivity index (χ1) is 8.18. The summed E-state index contributed by atoms with van der Waals surface area (Å²) in [5, 5.41) is 0. The number of benzene rings is 1. The molecular formula is C15H17BrO. The normalized spacial score (nSPS) is 22.6. The molecule has 0 saturated carbocycles. The summed E-state index contributed by atoms with van der Waals surface area (Å²) in [5.41, 5.74) is 2.27. The Bertz CT molecular complexity index is 450. The van der Waals surface area contributed by atoms with Crippen molar-refractivity contribution in [3.63, 3.8) is 0 Å². The summed E-state index contributed by atoms with van der Waals surface area (Å²) < 4.78 is -0.493. The number of allylic oxidation sites excluding steroid dienone is 1. The van der Waals surface area contributed by atoms with E-state index in [1.54, 1.807) is 6.08 Å². The maximum absolute atomic E-state index is 12.1. The number of hydrogen-bond donors (Lipinski definition) is 0. The topological polar surface area (TPSA) is 17.1 Å². The third-order valence-corrected chi connectivity index (χ3v) is 4.53. The van der Waals surface area contributed by atoms with Crippen molar-refractivity contribution >= 4 is 27.8 Å². The number of hydrogen-bond acceptors (Lipinski definition) is 1. The number of halogens is 1. The van der Waals surface area contributed by atoms with Gasteiger partial charge in [-0.25, -0.2) is 0 Å². The lowest BCUT2D eigenvalue weighted by molar-refractivity contribution is -0.117. The fraction of sp³-hybridized carbons (Fsp3) is 0.400. The van der Waals surface area contributed by atoms with Crippen LogP contribution in [0.25, 0.3) is 6.08 Å². The molecule has 1 aliphatic carbocycles. The molecule has 0 bridgehead atoms. The maximum atomic E-state index is 12.1. The second kappa shape index (κ2) is 5.18. The molecule has 0 radical (unpaired) electrons. The van der Waals surface area contributed by atoms with E-state index in [-0.39, 0.29) is 5.78 Å². The van der Waals surface area contributed by atoms with Gasteiger partial charge in [0.2, 0.25) is 0 Å². The zero-order chi connectivity index (χ0) is 12.3. The van der Waals surface area contributed by atoms with E-state index in [1.807, 2.05) is 18.2 Å². The lowest BCUT2D eigenvalue weighted by atomic mass is 9.82. The van der Waals surface area contributed by atoms with Gasteiger partial charge in [0.1, 0.15) is 4.32 Å². The van der Waals surface area contributed by atoms with Crippen molar-refractivity contribution in [2.75, 3.05) is 0 Å². The van der Waals surface area contributed by atoms with Gasteiger partial charge in [0.05, 0.1) is 0 Å². The summed E-state index contributed by atoms with van der Waals surface area (Å²) in [5.74, 6) is 0.173. The molecule has 1 nitrogen and oxygen atoms in total. The molecule has 90 valence electrons. The molecule has 1 unspecified atom stereocenters. The molecule has 0 spiro atoms. The molecule has 1 atom stereocenters. The van der Waals surface area contributed by atoms with Gasteiger partial charge in [-0.05, 0) is 23.6 Å². The van der Waals surface area contributed by atoms with Gasteiger partial charge in [-0.1, -0.05) is 72.5 Å². The molecule has 0 N–H and O–H groups in total. The largest absolute Gasteiger partial charge is 0.293 e. The van der Waals surface area contributed by atoms with Gasteiger partial charge in [-0.3, -0.25) is 4.79 Å². The predicted molar refractivity (Wildman–Crippen MR) is 75.2 cm³/mol.